The van der Waals surface area contributed by atoms with E-state index in [0.29, 0.717) is 17.3 Å². The molecule has 3 rings (SSSR count). The van der Waals surface area contributed by atoms with Crippen LogP contribution in [0, 0.1) is 5.82 Å². The Hall–Kier alpha value is -2.66. The molecule has 0 aliphatic heterocycles. The van der Waals surface area contributed by atoms with Crippen LogP contribution in [0.25, 0.3) is 0 Å². The van der Waals surface area contributed by atoms with Crippen molar-refractivity contribution in [2.24, 2.45) is 0 Å². The lowest BCUT2D eigenvalue weighted by Gasteiger charge is -2.15. The highest BCUT2D eigenvalue weighted by Crippen LogP contribution is 2.23. The third kappa shape index (κ3) is 4.00. The fourth-order valence-electron chi connectivity index (χ4n) is 2.27. The van der Waals surface area contributed by atoms with Gasteiger partial charge in [0.1, 0.15) is 23.8 Å². The summed E-state index contributed by atoms with van der Waals surface area (Å²) in [6.07, 6.45) is 1.47. The number of anilines is 3. The van der Waals surface area contributed by atoms with Crippen LogP contribution < -0.4 is 10.6 Å². The fraction of sp³-hybridized carbons (Fsp3) is 0.111. The SMILES string of the molecule is CC(Nc1cc(Nc2ccc(F)c(Cl)c2)ncn1)c1ccccc1. The van der Waals surface area contributed by atoms with Gasteiger partial charge >= 0.3 is 0 Å². The summed E-state index contributed by atoms with van der Waals surface area (Å²) in [5.74, 6) is 0.830. The molecule has 0 saturated carbocycles. The van der Waals surface area contributed by atoms with Crippen molar-refractivity contribution in [2.45, 2.75) is 13.0 Å². The van der Waals surface area contributed by atoms with Crippen LogP contribution >= 0.6 is 11.6 Å². The zero-order chi connectivity index (χ0) is 16.9. The summed E-state index contributed by atoms with van der Waals surface area (Å²) < 4.78 is 13.2. The first-order valence-corrected chi connectivity index (χ1v) is 7.85. The fourth-order valence-corrected chi connectivity index (χ4v) is 2.45. The minimum atomic E-state index is -0.455. The molecule has 0 bridgehead atoms. The van der Waals surface area contributed by atoms with E-state index in [-0.39, 0.29) is 11.1 Å². The van der Waals surface area contributed by atoms with E-state index in [0.717, 1.165) is 5.56 Å². The molecular weight excluding hydrogens is 327 g/mol. The number of hydrogen-bond donors (Lipinski definition) is 2. The second kappa shape index (κ2) is 7.27. The topological polar surface area (TPSA) is 49.8 Å². The molecule has 1 heterocycles. The first kappa shape index (κ1) is 16.2. The number of halogens is 2. The molecule has 0 spiro atoms. The van der Waals surface area contributed by atoms with Crippen molar-refractivity contribution in [1.29, 1.82) is 0 Å². The van der Waals surface area contributed by atoms with Crippen LogP contribution in [0.2, 0.25) is 5.02 Å². The minimum absolute atomic E-state index is 0.0603. The van der Waals surface area contributed by atoms with Crippen molar-refractivity contribution in [3.8, 4) is 0 Å². The highest BCUT2D eigenvalue weighted by Gasteiger charge is 2.07. The number of aromatic nitrogens is 2. The standard InChI is InChI=1S/C18H16ClFN4/c1-12(13-5-3-2-4-6-13)23-17-10-18(22-11-21-17)24-14-7-8-16(20)15(19)9-14/h2-12H,1H3,(H2,21,22,23,24). The molecular formula is C18H16ClFN4. The molecule has 1 aromatic heterocycles. The molecule has 6 heteroatoms. The van der Waals surface area contributed by atoms with Crippen LogP contribution in [0.4, 0.5) is 21.7 Å². The summed E-state index contributed by atoms with van der Waals surface area (Å²) in [6, 6.07) is 16.4. The van der Waals surface area contributed by atoms with Crippen molar-refractivity contribution in [3.05, 3.63) is 77.3 Å². The van der Waals surface area contributed by atoms with E-state index in [1.807, 2.05) is 18.2 Å². The van der Waals surface area contributed by atoms with Crippen molar-refractivity contribution >= 4 is 28.9 Å². The van der Waals surface area contributed by atoms with Gasteiger partial charge in [0, 0.05) is 17.8 Å². The molecule has 2 aromatic carbocycles. The predicted octanol–water partition coefficient (Wildman–Crippen LogP) is 5.19. The second-order valence-corrected chi connectivity index (χ2v) is 5.73. The maximum Gasteiger partial charge on any atom is 0.141 e. The Morgan fingerprint density at radius 2 is 1.75 bits per heavy atom. The molecule has 0 saturated heterocycles. The Bertz CT molecular complexity index is 826. The summed E-state index contributed by atoms with van der Waals surface area (Å²) in [4.78, 5) is 8.40. The lowest BCUT2D eigenvalue weighted by Crippen LogP contribution is -2.08. The molecule has 0 fully saturated rings. The molecule has 3 aromatic rings. The van der Waals surface area contributed by atoms with E-state index in [2.05, 4.69) is 39.7 Å². The maximum absolute atomic E-state index is 13.2. The van der Waals surface area contributed by atoms with Gasteiger partial charge in [-0.1, -0.05) is 41.9 Å². The van der Waals surface area contributed by atoms with Crippen molar-refractivity contribution in [3.63, 3.8) is 0 Å². The zero-order valence-corrected chi connectivity index (χ0v) is 13.8. The zero-order valence-electron chi connectivity index (χ0n) is 13.0. The smallest absolute Gasteiger partial charge is 0.141 e. The molecule has 0 aliphatic carbocycles. The minimum Gasteiger partial charge on any atom is -0.363 e. The van der Waals surface area contributed by atoms with Gasteiger partial charge in [0.25, 0.3) is 0 Å². The van der Waals surface area contributed by atoms with Crippen molar-refractivity contribution < 1.29 is 4.39 Å². The Morgan fingerprint density at radius 3 is 2.50 bits per heavy atom. The van der Waals surface area contributed by atoms with Gasteiger partial charge in [0.2, 0.25) is 0 Å². The van der Waals surface area contributed by atoms with Gasteiger partial charge in [-0.2, -0.15) is 0 Å². The number of nitrogens with one attached hydrogen (secondary N) is 2. The summed E-state index contributed by atoms with van der Waals surface area (Å²) in [7, 11) is 0. The molecule has 24 heavy (non-hydrogen) atoms. The Balaban J connectivity index is 1.73. The number of hydrogen-bond acceptors (Lipinski definition) is 4. The van der Waals surface area contributed by atoms with Crippen LogP contribution in [-0.2, 0) is 0 Å². The van der Waals surface area contributed by atoms with E-state index in [4.69, 9.17) is 11.6 Å². The van der Waals surface area contributed by atoms with E-state index in [9.17, 15) is 4.39 Å². The summed E-state index contributed by atoms with van der Waals surface area (Å²) in [5, 5.41) is 6.47. The van der Waals surface area contributed by atoms with Gasteiger partial charge in [0.05, 0.1) is 5.02 Å². The average Bonchev–Trinajstić information content (AvgIpc) is 2.59. The van der Waals surface area contributed by atoms with Gasteiger partial charge in [-0.05, 0) is 30.7 Å². The molecule has 0 aliphatic rings. The van der Waals surface area contributed by atoms with Crippen molar-refractivity contribution in [2.75, 3.05) is 10.6 Å². The van der Waals surface area contributed by atoms with Gasteiger partial charge < -0.3 is 10.6 Å². The van der Waals surface area contributed by atoms with E-state index in [1.165, 1.54) is 18.5 Å². The summed E-state index contributed by atoms with van der Waals surface area (Å²) in [6.45, 7) is 2.06. The number of nitrogens with zero attached hydrogens (tertiary/aromatic N) is 2. The molecule has 0 radical (unpaired) electrons. The lowest BCUT2D eigenvalue weighted by atomic mass is 10.1. The van der Waals surface area contributed by atoms with Crippen LogP contribution in [-0.4, -0.2) is 9.97 Å². The monoisotopic (exact) mass is 342 g/mol. The number of benzene rings is 2. The van der Waals surface area contributed by atoms with Crippen molar-refractivity contribution in [1.82, 2.24) is 9.97 Å². The molecule has 1 atom stereocenters. The van der Waals surface area contributed by atoms with Crippen LogP contribution in [0.5, 0.6) is 0 Å². The van der Waals surface area contributed by atoms with E-state index in [1.54, 1.807) is 12.1 Å². The molecule has 122 valence electrons. The Labute approximate surface area is 144 Å². The normalized spacial score (nSPS) is 11.8. The first-order chi connectivity index (χ1) is 11.6. The summed E-state index contributed by atoms with van der Waals surface area (Å²) >= 11 is 5.79. The highest BCUT2D eigenvalue weighted by molar-refractivity contribution is 6.31. The van der Waals surface area contributed by atoms with E-state index >= 15 is 0 Å². The van der Waals surface area contributed by atoms with Gasteiger partial charge in [-0.25, -0.2) is 14.4 Å². The van der Waals surface area contributed by atoms with E-state index < -0.39 is 5.82 Å². The highest BCUT2D eigenvalue weighted by atomic mass is 35.5. The third-order valence-electron chi connectivity index (χ3n) is 3.52. The Kier molecular flexibility index (Phi) is 4.91. The predicted molar refractivity (Wildman–Crippen MR) is 95.2 cm³/mol. The van der Waals surface area contributed by atoms with Gasteiger partial charge in [-0.15, -0.1) is 0 Å². The van der Waals surface area contributed by atoms with Gasteiger partial charge in [0.15, 0.2) is 0 Å². The van der Waals surface area contributed by atoms with Crippen LogP contribution in [0.3, 0.4) is 0 Å². The third-order valence-corrected chi connectivity index (χ3v) is 3.81. The molecule has 4 nitrogen and oxygen atoms in total. The van der Waals surface area contributed by atoms with Crippen LogP contribution in [0.15, 0.2) is 60.9 Å². The lowest BCUT2D eigenvalue weighted by molar-refractivity contribution is 0.628. The average molecular weight is 343 g/mol. The Morgan fingerprint density at radius 1 is 1.00 bits per heavy atom. The largest absolute Gasteiger partial charge is 0.363 e. The molecule has 1 unspecified atom stereocenters. The first-order valence-electron chi connectivity index (χ1n) is 7.47. The summed E-state index contributed by atoms with van der Waals surface area (Å²) in [5.41, 5.74) is 1.82. The quantitative estimate of drug-likeness (QED) is 0.670. The van der Waals surface area contributed by atoms with Crippen LogP contribution in [0.1, 0.15) is 18.5 Å². The molecule has 0 amide bonds. The maximum atomic E-state index is 13.2. The molecule has 2 N–H and O–H groups in total. The number of rotatable bonds is 5. The second-order valence-electron chi connectivity index (χ2n) is 5.32. The van der Waals surface area contributed by atoms with Gasteiger partial charge in [-0.3, -0.25) is 0 Å².